The van der Waals surface area contributed by atoms with E-state index in [4.69, 9.17) is 0 Å². The highest BCUT2D eigenvalue weighted by Gasteiger charge is 2.33. The summed E-state index contributed by atoms with van der Waals surface area (Å²) in [7, 11) is -6.46. The van der Waals surface area contributed by atoms with E-state index in [1.54, 1.807) is 0 Å². The van der Waals surface area contributed by atoms with Crippen LogP contribution in [0.15, 0.2) is 40.4 Å². The zero-order chi connectivity index (χ0) is 18.2. The van der Waals surface area contributed by atoms with E-state index >= 15 is 0 Å². The average molecular weight is 387 g/mol. The summed E-state index contributed by atoms with van der Waals surface area (Å²) in [4.78, 5) is 3.34. The van der Waals surface area contributed by atoms with Gasteiger partial charge in [0.1, 0.15) is 6.33 Å². The summed E-state index contributed by atoms with van der Waals surface area (Å²) in [6.07, 6.45) is 1.53. The van der Waals surface area contributed by atoms with E-state index in [1.807, 2.05) is 0 Å². The largest absolute Gasteiger partial charge is 0.391 e. The van der Waals surface area contributed by atoms with Crippen LogP contribution in [0.5, 0.6) is 0 Å². The Balaban J connectivity index is 1.87. The van der Waals surface area contributed by atoms with Crippen molar-refractivity contribution < 1.29 is 21.9 Å². The number of aliphatic hydroxyl groups excluding tert-OH is 1. The smallest absolute Gasteiger partial charge is 0.264 e. The number of anilines is 1. The summed E-state index contributed by atoms with van der Waals surface area (Å²) in [5.41, 5.74) is 0. The van der Waals surface area contributed by atoms with Crippen molar-refractivity contribution in [1.29, 1.82) is 0 Å². The van der Waals surface area contributed by atoms with Crippen LogP contribution in [0.3, 0.4) is 0 Å². The molecule has 1 aromatic carbocycles. The number of aryl methyl sites for hydroxylation is 1. The molecule has 3 rings (SSSR count). The predicted octanol–water partition coefficient (Wildman–Crippen LogP) is -0.582. The molecule has 0 saturated heterocycles. The molecule has 0 aliphatic heterocycles. The van der Waals surface area contributed by atoms with Gasteiger partial charge in [0.05, 0.1) is 15.9 Å². The van der Waals surface area contributed by atoms with E-state index < -0.39 is 32.2 Å². The molecule has 25 heavy (non-hydrogen) atoms. The summed E-state index contributed by atoms with van der Waals surface area (Å²) in [6, 6.07) is 4.38. The molecule has 10 nitrogen and oxygen atoms in total. The Bertz CT molecular complexity index is 986. The standard InChI is InChI=1S/C13H17N5O5S2/c1-18-13(14-8-15-18)17-25(22,23)10-4-2-3-9(7-10)24(20,21)16-11-5-6-12(11)19/h2-4,7-8,11-12,16,19H,5-6H2,1H3,(H,14,15,17)/t11-,12-/m1/s1. The maximum absolute atomic E-state index is 12.4. The van der Waals surface area contributed by atoms with Gasteiger partial charge in [-0.25, -0.2) is 31.0 Å². The number of sulfonamides is 2. The summed E-state index contributed by atoms with van der Waals surface area (Å²) < 4.78 is 55.4. The van der Waals surface area contributed by atoms with Crippen molar-refractivity contribution in [3.05, 3.63) is 30.6 Å². The van der Waals surface area contributed by atoms with Gasteiger partial charge in [-0.15, -0.1) is 0 Å². The molecule has 1 aliphatic rings. The highest BCUT2D eigenvalue weighted by atomic mass is 32.2. The Morgan fingerprint density at radius 2 is 1.84 bits per heavy atom. The number of benzene rings is 1. The van der Waals surface area contributed by atoms with Gasteiger partial charge >= 0.3 is 0 Å². The molecule has 0 radical (unpaired) electrons. The Labute approximate surface area is 145 Å². The highest BCUT2D eigenvalue weighted by Crippen LogP contribution is 2.23. The third-order valence-corrected chi connectivity index (χ3v) is 6.72. The number of hydrogen-bond acceptors (Lipinski definition) is 7. The van der Waals surface area contributed by atoms with Crippen LogP contribution in [0, 0.1) is 0 Å². The number of hydrogen-bond donors (Lipinski definition) is 3. The molecule has 12 heteroatoms. The first-order valence-electron chi connectivity index (χ1n) is 7.36. The van der Waals surface area contributed by atoms with Crippen molar-refractivity contribution in [2.45, 2.75) is 34.8 Å². The van der Waals surface area contributed by atoms with Crippen molar-refractivity contribution in [2.75, 3.05) is 4.72 Å². The number of rotatable bonds is 6. The van der Waals surface area contributed by atoms with Crippen molar-refractivity contribution in [3.63, 3.8) is 0 Å². The first kappa shape index (κ1) is 17.8. The number of nitrogens with one attached hydrogen (secondary N) is 2. The average Bonchev–Trinajstić information content (AvgIpc) is 2.96. The third-order valence-electron chi connectivity index (χ3n) is 3.91. The molecule has 2 aromatic rings. The van der Waals surface area contributed by atoms with E-state index in [-0.39, 0.29) is 15.7 Å². The fraction of sp³-hybridized carbons (Fsp3) is 0.385. The van der Waals surface area contributed by atoms with Gasteiger partial charge in [0.2, 0.25) is 16.0 Å². The second-order valence-electron chi connectivity index (χ2n) is 5.66. The van der Waals surface area contributed by atoms with E-state index in [9.17, 15) is 21.9 Å². The molecule has 0 bridgehead atoms. The highest BCUT2D eigenvalue weighted by molar-refractivity contribution is 7.93. The molecule has 136 valence electrons. The Kier molecular flexibility index (Phi) is 4.53. The molecule has 3 N–H and O–H groups in total. The lowest BCUT2D eigenvalue weighted by Crippen LogP contribution is -2.50. The fourth-order valence-corrected chi connectivity index (χ4v) is 4.77. The first-order valence-corrected chi connectivity index (χ1v) is 10.3. The van der Waals surface area contributed by atoms with Gasteiger partial charge in [-0.2, -0.15) is 10.1 Å². The van der Waals surface area contributed by atoms with E-state index in [1.165, 1.54) is 36.3 Å². The summed E-state index contributed by atoms with van der Waals surface area (Å²) in [6.45, 7) is 0. The van der Waals surface area contributed by atoms with Crippen LogP contribution >= 0.6 is 0 Å². The molecule has 1 saturated carbocycles. The molecule has 1 fully saturated rings. The predicted molar refractivity (Wildman–Crippen MR) is 87.6 cm³/mol. The van der Waals surface area contributed by atoms with Gasteiger partial charge in [0, 0.05) is 13.1 Å². The normalized spacial score (nSPS) is 20.9. The number of nitrogens with zero attached hydrogens (tertiary/aromatic N) is 3. The van der Waals surface area contributed by atoms with Crippen molar-refractivity contribution >= 4 is 26.0 Å². The van der Waals surface area contributed by atoms with Gasteiger partial charge < -0.3 is 5.11 Å². The molecule has 0 unspecified atom stereocenters. The molecule has 1 aromatic heterocycles. The number of aromatic nitrogens is 3. The zero-order valence-electron chi connectivity index (χ0n) is 13.2. The van der Waals surface area contributed by atoms with Crippen LogP contribution in [0.2, 0.25) is 0 Å². The third kappa shape index (κ3) is 3.66. The maximum atomic E-state index is 12.4. The van der Waals surface area contributed by atoms with Gasteiger partial charge in [-0.05, 0) is 31.0 Å². The van der Waals surface area contributed by atoms with Crippen LogP contribution in [-0.2, 0) is 27.1 Å². The Hall–Kier alpha value is -2.02. The lowest BCUT2D eigenvalue weighted by Gasteiger charge is -2.32. The maximum Gasteiger partial charge on any atom is 0.264 e. The molecule has 2 atom stereocenters. The minimum Gasteiger partial charge on any atom is -0.391 e. The van der Waals surface area contributed by atoms with Crippen LogP contribution in [0.25, 0.3) is 0 Å². The molecule has 1 aliphatic carbocycles. The van der Waals surface area contributed by atoms with Crippen LogP contribution < -0.4 is 9.44 Å². The molecule has 0 spiro atoms. The fourth-order valence-electron chi connectivity index (χ4n) is 2.26. The topological polar surface area (TPSA) is 143 Å². The first-order chi connectivity index (χ1) is 11.7. The molecular weight excluding hydrogens is 370 g/mol. The Morgan fingerprint density at radius 1 is 1.16 bits per heavy atom. The van der Waals surface area contributed by atoms with Crippen LogP contribution in [0.1, 0.15) is 12.8 Å². The quantitative estimate of drug-likeness (QED) is 0.601. The lowest BCUT2D eigenvalue weighted by atomic mass is 9.90. The van der Waals surface area contributed by atoms with Gasteiger partial charge in [0.15, 0.2) is 0 Å². The lowest BCUT2D eigenvalue weighted by molar-refractivity contribution is 0.0612. The molecule has 0 amide bonds. The SMILES string of the molecule is Cn1ncnc1NS(=O)(=O)c1cccc(S(=O)(=O)N[C@@H]2CC[C@H]2O)c1. The minimum atomic E-state index is -4.03. The van der Waals surface area contributed by atoms with E-state index in [0.29, 0.717) is 12.8 Å². The van der Waals surface area contributed by atoms with Crippen LogP contribution in [0.4, 0.5) is 5.95 Å². The van der Waals surface area contributed by atoms with Crippen molar-refractivity contribution in [1.82, 2.24) is 19.5 Å². The summed E-state index contributed by atoms with van der Waals surface area (Å²) in [5.74, 6) is 0.00368. The minimum absolute atomic E-state index is 0.00368. The number of aliphatic hydroxyl groups is 1. The van der Waals surface area contributed by atoms with Crippen molar-refractivity contribution in [2.24, 2.45) is 7.05 Å². The van der Waals surface area contributed by atoms with E-state index in [0.717, 1.165) is 6.07 Å². The zero-order valence-corrected chi connectivity index (χ0v) is 14.8. The van der Waals surface area contributed by atoms with Crippen LogP contribution in [-0.4, -0.2) is 48.9 Å². The van der Waals surface area contributed by atoms with E-state index in [2.05, 4.69) is 19.5 Å². The second kappa shape index (κ2) is 6.37. The Morgan fingerprint density at radius 3 is 2.36 bits per heavy atom. The second-order valence-corrected chi connectivity index (χ2v) is 9.06. The molecular formula is C13H17N5O5S2. The van der Waals surface area contributed by atoms with Gasteiger partial charge in [-0.3, -0.25) is 0 Å². The monoisotopic (exact) mass is 387 g/mol. The summed E-state index contributed by atoms with van der Waals surface area (Å²) >= 11 is 0. The van der Waals surface area contributed by atoms with Crippen molar-refractivity contribution in [3.8, 4) is 0 Å². The van der Waals surface area contributed by atoms with Gasteiger partial charge in [-0.1, -0.05) is 6.07 Å². The summed E-state index contributed by atoms with van der Waals surface area (Å²) in [5, 5.41) is 13.3. The molecule has 1 heterocycles. The van der Waals surface area contributed by atoms with Gasteiger partial charge in [0.25, 0.3) is 10.0 Å².